The van der Waals surface area contributed by atoms with Gasteiger partial charge in [0.1, 0.15) is 0 Å². The fraction of sp³-hybridized carbons (Fsp3) is 0.0625. The number of nitro benzene ring substituents is 1. The number of carbonyl (C=O) groups excluding carboxylic acids is 1. The Hall–Kier alpha value is -3.33. The molecule has 0 bridgehead atoms. The third kappa shape index (κ3) is 3.96. The minimum absolute atomic E-state index is 0.0207. The van der Waals surface area contributed by atoms with Gasteiger partial charge in [-0.15, -0.1) is 11.3 Å². The van der Waals surface area contributed by atoms with Gasteiger partial charge in [-0.2, -0.15) is 0 Å². The topological polar surface area (TPSA) is 107 Å². The third-order valence-electron chi connectivity index (χ3n) is 3.40. The quantitative estimate of drug-likeness (QED) is 0.558. The first-order valence-corrected chi connectivity index (χ1v) is 8.05. The van der Waals surface area contributed by atoms with E-state index in [0.29, 0.717) is 16.3 Å². The predicted molar refractivity (Wildman–Crippen MR) is 93.0 cm³/mol. The summed E-state index contributed by atoms with van der Waals surface area (Å²) >= 11 is 1.29. The van der Waals surface area contributed by atoms with Gasteiger partial charge in [0.05, 0.1) is 17.0 Å². The average molecular weight is 356 g/mol. The van der Waals surface area contributed by atoms with E-state index in [0.717, 1.165) is 0 Å². The first-order chi connectivity index (χ1) is 12.0. The standard InChI is InChI=1S/C16H12N4O4S/c21-14-6-3-12(15(22)18-16-17-7-8-25-16)10-19(14)9-11-1-4-13(5-2-11)20(23)24/h1-8,10H,9H2,(H,17,18,22). The third-order valence-corrected chi connectivity index (χ3v) is 4.09. The lowest BCUT2D eigenvalue weighted by Gasteiger charge is -2.08. The molecule has 2 aromatic heterocycles. The first kappa shape index (κ1) is 16.5. The highest BCUT2D eigenvalue weighted by molar-refractivity contribution is 7.13. The molecule has 3 rings (SSSR count). The van der Waals surface area contributed by atoms with Crippen molar-refractivity contribution in [1.82, 2.24) is 9.55 Å². The van der Waals surface area contributed by atoms with E-state index in [1.54, 1.807) is 23.7 Å². The predicted octanol–water partition coefficient (Wildman–Crippen LogP) is 2.51. The fourth-order valence-electron chi connectivity index (χ4n) is 2.16. The number of rotatable bonds is 5. The highest BCUT2D eigenvalue weighted by Crippen LogP contribution is 2.14. The second-order valence-corrected chi connectivity index (χ2v) is 5.99. The van der Waals surface area contributed by atoms with Crippen molar-refractivity contribution < 1.29 is 9.72 Å². The minimum atomic E-state index is -0.487. The maximum atomic E-state index is 12.2. The van der Waals surface area contributed by atoms with Gasteiger partial charge in [0.25, 0.3) is 17.2 Å². The summed E-state index contributed by atoms with van der Waals surface area (Å²) < 4.78 is 1.37. The van der Waals surface area contributed by atoms with Crippen LogP contribution in [0.2, 0.25) is 0 Å². The van der Waals surface area contributed by atoms with E-state index < -0.39 is 4.92 Å². The van der Waals surface area contributed by atoms with E-state index in [-0.39, 0.29) is 23.7 Å². The van der Waals surface area contributed by atoms with Crippen LogP contribution >= 0.6 is 11.3 Å². The summed E-state index contributed by atoms with van der Waals surface area (Å²) in [5.41, 5.74) is 0.735. The van der Waals surface area contributed by atoms with Crippen molar-refractivity contribution in [3.8, 4) is 0 Å². The molecule has 0 atom stereocenters. The maximum Gasteiger partial charge on any atom is 0.269 e. The Kier molecular flexibility index (Phi) is 4.66. The number of thiazole rings is 1. The number of nitrogens with zero attached hydrogens (tertiary/aromatic N) is 3. The van der Waals surface area contributed by atoms with Crippen LogP contribution in [0.5, 0.6) is 0 Å². The summed E-state index contributed by atoms with van der Waals surface area (Å²) in [6.45, 7) is 0.204. The Labute approximate surface area is 145 Å². The lowest BCUT2D eigenvalue weighted by molar-refractivity contribution is -0.384. The summed E-state index contributed by atoms with van der Waals surface area (Å²) in [4.78, 5) is 38.4. The van der Waals surface area contributed by atoms with Crippen molar-refractivity contribution >= 4 is 28.1 Å². The van der Waals surface area contributed by atoms with Crippen LogP contribution in [0.4, 0.5) is 10.8 Å². The number of amides is 1. The van der Waals surface area contributed by atoms with Gasteiger partial charge in [0, 0.05) is 36.0 Å². The van der Waals surface area contributed by atoms with Gasteiger partial charge in [0.2, 0.25) is 0 Å². The normalized spacial score (nSPS) is 10.4. The Bertz CT molecular complexity index is 965. The van der Waals surface area contributed by atoms with Gasteiger partial charge in [-0.1, -0.05) is 12.1 Å². The molecular formula is C16H12N4O4S. The molecule has 1 amide bonds. The summed E-state index contributed by atoms with van der Waals surface area (Å²) in [6.07, 6.45) is 3.03. The van der Waals surface area contributed by atoms with Crippen LogP contribution in [0.3, 0.4) is 0 Å². The molecule has 0 aliphatic carbocycles. The van der Waals surface area contributed by atoms with Crippen LogP contribution in [0.1, 0.15) is 15.9 Å². The van der Waals surface area contributed by atoms with Crippen LogP contribution in [0.15, 0.2) is 59.0 Å². The number of hydrogen-bond acceptors (Lipinski definition) is 6. The van der Waals surface area contributed by atoms with Crippen LogP contribution in [0, 0.1) is 10.1 Å². The Morgan fingerprint density at radius 1 is 1.24 bits per heavy atom. The van der Waals surface area contributed by atoms with Crippen molar-refractivity contribution in [2.75, 3.05) is 5.32 Å². The van der Waals surface area contributed by atoms with Gasteiger partial charge in [-0.25, -0.2) is 4.98 Å². The molecule has 2 heterocycles. The van der Waals surface area contributed by atoms with Crippen molar-refractivity contribution in [2.45, 2.75) is 6.54 Å². The number of nitrogens with one attached hydrogen (secondary N) is 1. The molecule has 1 aromatic carbocycles. The molecule has 25 heavy (non-hydrogen) atoms. The largest absolute Gasteiger partial charge is 0.310 e. The molecule has 0 radical (unpaired) electrons. The van der Waals surface area contributed by atoms with E-state index in [1.807, 2.05) is 0 Å². The zero-order chi connectivity index (χ0) is 17.8. The molecule has 0 fully saturated rings. The summed E-state index contributed by atoms with van der Waals surface area (Å²) in [6, 6.07) is 8.65. The van der Waals surface area contributed by atoms with E-state index in [2.05, 4.69) is 10.3 Å². The number of non-ortho nitro benzene ring substituents is 1. The summed E-state index contributed by atoms with van der Waals surface area (Å²) in [7, 11) is 0. The van der Waals surface area contributed by atoms with Crippen molar-refractivity contribution in [3.63, 3.8) is 0 Å². The molecule has 0 saturated heterocycles. The lowest BCUT2D eigenvalue weighted by atomic mass is 10.2. The number of anilines is 1. The average Bonchev–Trinajstić information content (AvgIpc) is 3.10. The molecule has 0 unspecified atom stereocenters. The van der Waals surface area contributed by atoms with Gasteiger partial charge >= 0.3 is 0 Å². The summed E-state index contributed by atoms with van der Waals surface area (Å²) in [5.74, 6) is -0.368. The van der Waals surface area contributed by atoms with Gasteiger partial charge in [-0.3, -0.25) is 25.0 Å². The van der Waals surface area contributed by atoms with Crippen molar-refractivity contribution in [1.29, 1.82) is 0 Å². The number of aromatic nitrogens is 2. The molecule has 0 aliphatic rings. The van der Waals surface area contributed by atoms with E-state index >= 15 is 0 Å². The van der Waals surface area contributed by atoms with Gasteiger partial charge in [-0.05, 0) is 11.6 Å². The summed E-state index contributed by atoms with van der Waals surface area (Å²) in [5, 5.41) is 15.5. The van der Waals surface area contributed by atoms with Crippen LogP contribution in [-0.4, -0.2) is 20.4 Å². The number of benzene rings is 1. The lowest BCUT2D eigenvalue weighted by Crippen LogP contribution is -2.22. The van der Waals surface area contributed by atoms with E-state index in [9.17, 15) is 19.7 Å². The first-order valence-electron chi connectivity index (χ1n) is 7.17. The molecule has 0 saturated carbocycles. The van der Waals surface area contributed by atoms with E-state index in [4.69, 9.17) is 0 Å². The molecule has 3 aromatic rings. The molecule has 9 heteroatoms. The minimum Gasteiger partial charge on any atom is -0.310 e. The Morgan fingerprint density at radius 2 is 2.00 bits per heavy atom. The number of hydrogen-bond donors (Lipinski definition) is 1. The van der Waals surface area contributed by atoms with Crippen LogP contribution < -0.4 is 10.9 Å². The second-order valence-electron chi connectivity index (χ2n) is 5.10. The zero-order valence-electron chi connectivity index (χ0n) is 12.8. The monoisotopic (exact) mass is 356 g/mol. The molecule has 126 valence electrons. The van der Waals surface area contributed by atoms with E-state index in [1.165, 1.54) is 46.4 Å². The smallest absolute Gasteiger partial charge is 0.269 e. The molecule has 0 aliphatic heterocycles. The van der Waals surface area contributed by atoms with Crippen LogP contribution in [0.25, 0.3) is 0 Å². The Morgan fingerprint density at radius 3 is 2.64 bits per heavy atom. The Balaban J connectivity index is 1.80. The SMILES string of the molecule is O=C(Nc1nccs1)c1ccc(=O)n(Cc2ccc([N+](=O)[O-])cc2)c1. The number of pyridine rings is 1. The van der Waals surface area contributed by atoms with Crippen molar-refractivity contribution in [3.05, 3.63) is 85.8 Å². The number of nitro groups is 1. The highest BCUT2D eigenvalue weighted by Gasteiger charge is 2.10. The maximum absolute atomic E-state index is 12.2. The molecule has 1 N–H and O–H groups in total. The van der Waals surface area contributed by atoms with Crippen LogP contribution in [-0.2, 0) is 6.54 Å². The molecular weight excluding hydrogens is 344 g/mol. The van der Waals surface area contributed by atoms with Gasteiger partial charge < -0.3 is 4.57 Å². The van der Waals surface area contributed by atoms with Gasteiger partial charge in [0.15, 0.2) is 5.13 Å². The van der Waals surface area contributed by atoms with Crippen molar-refractivity contribution in [2.24, 2.45) is 0 Å². The zero-order valence-corrected chi connectivity index (χ0v) is 13.6. The second kappa shape index (κ2) is 7.05. The molecule has 8 nitrogen and oxygen atoms in total. The fourth-order valence-corrected chi connectivity index (χ4v) is 2.69. The highest BCUT2D eigenvalue weighted by atomic mass is 32.1. The number of carbonyl (C=O) groups is 1. The molecule has 0 spiro atoms.